The zero-order valence-electron chi connectivity index (χ0n) is 13.4. The van der Waals surface area contributed by atoms with Crippen LogP contribution in [0.5, 0.6) is 0 Å². The number of rotatable bonds is 8. The highest BCUT2D eigenvalue weighted by molar-refractivity contribution is 5.81. The molecule has 0 aliphatic rings. The fraction of sp³-hybridized carbons (Fsp3) is 0.733. The molecule has 1 rings (SSSR count). The molecule has 2 N–H and O–H groups in total. The Balaban J connectivity index is 2.49. The Kier molecular flexibility index (Phi) is 6.20. The molecule has 1 amide bonds. The summed E-state index contributed by atoms with van der Waals surface area (Å²) in [5.74, 6) is 0.0487. The van der Waals surface area contributed by atoms with E-state index >= 15 is 0 Å². The van der Waals surface area contributed by atoms with Gasteiger partial charge >= 0.3 is 0 Å². The summed E-state index contributed by atoms with van der Waals surface area (Å²) in [5.41, 5.74) is 0.608. The van der Waals surface area contributed by atoms with E-state index in [1.807, 2.05) is 30.8 Å². The second-order valence-corrected chi connectivity index (χ2v) is 5.82. The van der Waals surface area contributed by atoms with Gasteiger partial charge in [-0.3, -0.25) is 9.48 Å². The first kappa shape index (κ1) is 16.7. The van der Waals surface area contributed by atoms with Crippen LogP contribution in [0, 0.1) is 5.41 Å². The number of carbonyl (C=O) groups excluding carboxylic acids is 1. The summed E-state index contributed by atoms with van der Waals surface area (Å²) >= 11 is 0. The molecule has 0 atom stereocenters. The average Bonchev–Trinajstić information content (AvgIpc) is 2.87. The van der Waals surface area contributed by atoms with Crippen molar-refractivity contribution in [2.75, 3.05) is 13.6 Å². The van der Waals surface area contributed by atoms with Crippen LogP contribution < -0.4 is 10.6 Å². The van der Waals surface area contributed by atoms with E-state index in [4.69, 9.17) is 0 Å². The number of amides is 1. The van der Waals surface area contributed by atoms with Crippen molar-refractivity contribution in [3.8, 4) is 0 Å². The molecule has 5 nitrogen and oxygen atoms in total. The molecule has 0 aromatic carbocycles. The van der Waals surface area contributed by atoms with Gasteiger partial charge in [-0.15, -0.1) is 0 Å². The van der Waals surface area contributed by atoms with Crippen molar-refractivity contribution in [1.29, 1.82) is 0 Å². The lowest BCUT2D eigenvalue weighted by molar-refractivity contribution is -0.128. The van der Waals surface area contributed by atoms with Crippen LogP contribution in [0.1, 0.15) is 52.3 Å². The molecule has 5 heteroatoms. The van der Waals surface area contributed by atoms with Crippen LogP contribution in [0.25, 0.3) is 0 Å². The number of hydrogen-bond acceptors (Lipinski definition) is 3. The lowest BCUT2D eigenvalue weighted by Gasteiger charge is -2.22. The number of carbonyl (C=O) groups is 1. The predicted molar refractivity (Wildman–Crippen MR) is 81.4 cm³/mol. The quantitative estimate of drug-likeness (QED) is 0.766. The molecule has 0 fully saturated rings. The van der Waals surface area contributed by atoms with Crippen molar-refractivity contribution < 1.29 is 4.79 Å². The van der Waals surface area contributed by atoms with Crippen LogP contribution in [0.15, 0.2) is 12.3 Å². The van der Waals surface area contributed by atoms with Gasteiger partial charge < -0.3 is 10.6 Å². The van der Waals surface area contributed by atoms with Crippen LogP contribution in [0.3, 0.4) is 0 Å². The van der Waals surface area contributed by atoms with Gasteiger partial charge in [-0.1, -0.05) is 13.8 Å². The van der Waals surface area contributed by atoms with Crippen LogP contribution in [0.4, 0.5) is 0 Å². The van der Waals surface area contributed by atoms with Crippen molar-refractivity contribution in [3.63, 3.8) is 0 Å². The average molecular weight is 280 g/mol. The molecular weight excluding hydrogens is 252 g/mol. The first-order valence-electron chi connectivity index (χ1n) is 7.41. The van der Waals surface area contributed by atoms with Gasteiger partial charge in [-0.25, -0.2) is 0 Å². The molecule has 0 spiro atoms. The third-order valence-electron chi connectivity index (χ3n) is 3.69. The molecule has 0 radical (unpaired) electrons. The standard InChI is InChI=1S/C15H28N4O/c1-6-13(7-2)19-9-8-12(18-19)10-17-11-15(3,4)14(20)16-5/h8-9,13,17H,6-7,10-11H2,1-5H3,(H,16,20). The van der Waals surface area contributed by atoms with E-state index in [0.717, 1.165) is 18.5 Å². The summed E-state index contributed by atoms with van der Waals surface area (Å²) in [5, 5.41) is 10.6. The monoisotopic (exact) mass is 280 g/mol. The highest BCUT2D eigenvalue weighted by Gasteiger charge is 2.25. The zero-order valence-corrected chi connectivity index (χ0v) is 13.4. The summed E-state index contributed by atoms with van der Waals surface area (Å²) < 4.78 is 2.04. The van der Waals surface area contributed by atoms with E-state index in [0.29, 0.717) is 19.1 Å². The Bertz CT molecular complexity index is 421. The second-order valence-electron chi connectivity index (χ2n) is 5.82. The topological polar surface area (TPSA) is 59.0 Å². The van der Waals surface area contributed by atoms with Gasteiger partial charge in [0.25, 0.3) is 0 Å². The predicted octanol–water partition coefficient (Wildman–Crippen LogP) is 2.11. The molecule has 1 heterocycles. The highest BCUT2D eigenvalue weighted by atomic mass is 16.2. The summed E-state index contributed by atoms with van der Waals surface area (Å²) in [6, 6.07) is 2.52. The summed E-state index contributed by atoms with van der Waals surface area (Å²) in [4.78, 5) is 11.7. The van der Waals surface area contributed by atoms with Crippen LogP contribution >= 0.6 is 0 Å². The molecule has 0 bridgehead atoms. The minimum absolute atomic E-state index is 0.0487. The first-order valence-corrected chi connectivity index (χ1v) is 7.41. The minimum atomic E-state index is -0.410. The first-order chi connectivity index (χ1) is 9.44. The Morgan fingerprint density at radius 1 is 1.40 bits per heavy atom. The summed E-state index contributed by atoms with van der Waals surface area (Å²) in [6.07, 6.45) is 4.22. The molecule has 0 aliphatic carbocycles. The maximum Gasteiger partial charge on any atom is 0.226 e. The minimum Gasteiger partial charge on any atom is -0.359 e. The maximum atomic E-state index is 11.7. The van der Waals surface area contributed by atoms with E-state index in [1.165, 1.54) is 0 Å². The molecule has 1 aromatic heterocycles. The van der Waals surface area contributed by atoms with Crippen molar-refractivity contribution >= 4 is 5.91 Å². The van der Waals surface area contributed by atoms with Crippen molar-refractivity contribution in [2.24, 2.45) is 5.41 Å². The highest BCUT2D eigenvalue weighted by Crippen LogP contribution is 2.15. The zero-order chi connectivity index (χ0) is 15.2. The van der Waals surface area contributed by atoms with Crippen LogP contribution in [-0.4, -0.2) is 29.3 Å². The van der Waals surface area contributed by atoms with Gasteiger partial charge in [0.2, 0.25) is 5.91 Å². The van der Waals surface area contributed by atoms with Gasteiger partial charge in [0.15, 0.2) is 0 Å². The summed E-state index contributed by atoms with van der Waals surface area (Å²) in [6.45, 7) is 9.54. The molecular formula is C15H28N4O. The van der Waals surface area contributed by atoms with Gasteiger partial charge in [0.05, 0.1) is 17.2 Å². The van der Waals surface area contributed by atoms with E-state index in [1.54, 1.807) is 7.05 Å². The van der Waals surface area contributed by atoms with Gasteiger partial charge in [-0.05, 0) is 32.8 Å². The fourth-order valence-corrected chi connectivity index (χ4v) is 2.26. The van der Waals surface area contributed by atoms with Gasteiger partial charge in [0, 0.05) is 26.3 Å². The van der Waals surface area contributed by atoms with Crippen LogP contribution in [0.2, 0.25) is 0 Å². The number of nitrogens with one attached hydrogen (secondary N) is 2. The third-order valence-corrected chi connectivity index (χ3v) is 3.69. The Labute approximate surface area is 122 Å². The molecule has 0 aliphatic heterocycles. The lowest BCUT2D eigenvalue weighted by atomic mass is 9.92. The Morgan fingerprint density at radius 2 is 2.05 bits per heavy atom. The number of nitrogens with zero attached hydrogens (tertiary/aromatic N) is 2. The molecule has 20 heavy (non-hydrogen) atoms. The van der Waals surface area contributed by atoms with E-state index < -0.39 is 5.41 Å². The SMILES string of the molecule is CCC(CC)n1ccc(CNCC(C)(C)C(=O)NC)n1. The molecule has 0 saturated heterocycles. The second kappa shape index (κ2) is 7.43. The molecule has 0 unspecified atom stereocenters. The number of hydrogen-bond donors (Lipinski definition) is 2. The maximum absolute atomic E-state index is 11.7. The molecule has 1 aromatic rings. The molecule has 114 valence electrons. The van der Waals surface area contributed by atoms with Crippen molar-refractivity contribution in [3.05, 3.63) is 18.0 Å². The Morgan fingerprint density at radius 3 is 2.60 bits per heavy atom. The third kappa shape index (κ3) is 4.34. The Hall–Kier alpha value is -1.36. The van der Waals surface area contributed by atoms with Crippen molar-refractivity contribution in [1.82, 2.24) is 20.4 Å². The summed E-state index contributed by atoms with van der Waals surface area (Å²) in [7, 11) is 1.67. The normalized spacial score (nSPS) is 11.9. The van der Waals surface area contributed by atoms with E-state index in [9.17, 15) is 4.79 Å². The van der Waals surface area contributed by atoms with Crippen LogP contribution in [-0.2, 0) is 11.3 Å². The van der Waals surface area contributed by atoms with E-state index in [2.05, 4.69) is 29.6 Å². The number of aromatic nitrogens is 2. The van der Waals surface area contributed by atoms with Gasteiger partial charge in [-0.2, -0.15) is 5.10 Å². The smallest absolute Gasteiger partial charge is 0.226 e. The fourth-order valence-electron chi connectivity index (χ4n) is 2.26. The molecule has 0 saturated carbocycles. The van der Waals surface area contributed by atoms with E-state index in [-0.39, 0.29) is 5.91 Å². The van der Waals surface area contributed by atoms with Crippen molar-refractivity contribution in [2.45, 2.75) is 53.1 Å². The lowest BCUT2D eigenvalue weighted by Crippen LogP contribution is -2.41. The van der Waals surface area contributed by atoms with Gasteiger partial charge in [0.1, 0.15) is 0 Å². The largest absolute Gasteiger partial charge is 0.359 e.